The maximum atomic E-state index is 13.4. The molecule has 0 aliphatic rings. The second kappa shape index (κ2) is 7.89. The van der Waals surface area contributed by atoms with Crippen molar-refractivity contribution < 1.29 is 13.9 Å². The number of aromatic amines is 1. The molecule has 0 saturated carbocycles. The first-order valence-electron chi connectivity index (χ1n) is 8.75. The molecule has 8 heteroatoms. The van der Waals surface area contributed by atoms with E-state index in [0.29, 0.717) is 22.1 Å². The van der Waals surface area contributed by atoms with Gasteiger partial charge in [-0.1, -0.05) is 30.3 Å². The summed E-state index contributed by atoms with van der Waals surface area (Å²) in [5.41, 5.74) is 0.339. The number of benzene rings is 2. The third kappa shape index (κ3) is 3.96. The lowest BCUT2D eigenvalue weighted by molar-refractivity contribution is 0.0946. The SMILES string of the molecule is O=C(NCc1cccnc1Oc1cccc(F)c1)c1n[nH]c(=O)c2ccccc12. The minimum Gasteiger partial charge on any atom is -0.439 e. The molecule has 2 N–H and O–H groups in total. The van der Waals surface area contributed by atoms with Crippen LogP contribution in [0.5, 0.6) is 11.6 Å². The molecular formula is C21H15FN4O3. The van der Waals surface area contributed by atoms with E-state index >= 15 is 0 Å². The second-order valence-corrected chi connectivity index (χ2v) is 6.16. The molecule has 2 aromatic carbocycles. The highest BCUT2D eigenvalue weighted by molar-refractivity contribution is 6.04. The average Bonchev–Trinajstić information content (AvgIpc) is 2.73. The van der Waals surface area contributed by atoms with Gasteiger partial charge in [-0.05, 0) is 24.3 Å². The first-order valence-corrected chi connectivity index (χ1v) is 8.75. The van der Waals surface area contributed by atoms with Crippen molar-refractivity contribution in [1.82, 2.24) is 20.5 Å². The number of halogens is 1. The van der Waals surface area contributed by atoms with Gasteiger partial charge >= 0.3 is 0 Å². The molecule has 0 aliphatic carbocycles. The summed E-state index contributed by atoms with van der Waals surface area (Å²) in [7, 11) is 0. The van der Waals surface area contributed by atoms with Crippen molar-refractivity contribution in [1.29, 1.82) is 0 Å². The molecular weight excluding hydrogens is 375 g/mol. The second-order valence-electron chi connectivity index (χ2n) is 6.16. The third-order valence-corrected chi connectivity index (χ3v) is 4.21. The van der Waals surface area contributed by atoms with Crippen molar-refractivity contribution >= 4 is 16.7 Å². The number of hydrogen-bond acceptors (Lipinski definition) is 5. The number of H-pyrrole nitrogens is 1. The molecule has 2 aromatic heterocycles. The number of rotatable bonds is 5. The number of nitrogens with zero attached hydrogens (tertiary/aromatic N) is 2. The maximum Gasteiger partial charge on any atom is 0.272 e. The zero-order chi connectivity index (χ0) is 20.2. The van der Waals surface area contributed by atoms with Crippen LogP contribution in [0.2, 0.25) is 0 Å². The van der Waals surface area contributed by atoms with Crippen LogP contribution in [0.25, 0.3) is 10.8 Å². The van der Waals surface area contributed by atoms with Crippen LogP contribution >= 0.6 is 0 Å². The Labute approximate surface area is 164 Å². The fourth-order valence-electron chi connectivity index (χ4n) is 2.84. The van der Waals surface area contributed by atoms with Crippen molar-refractivity contribution in [3.8, 4) is 11.6 Å². The highest BCUT2D eigenvalue weighted by Crippen LogP contribution is 2.23. The monoisotopic (exact) mass is 390 g/mol. The van der Waals surface area contributed by atoms with Crippen LogP contribution < -0.4 is 15.6 Å². The van der Waals surface area contributed by atoms with Gasteiger partial charge in [-0.15, -0.1) is 0 Å². The fourth-order valence-corrected chi connectivity index (χ4v) is 2.84. The van der Waals surface area contributed by atoms with Crippen LogP contribution in [-0.4, -0.2) is 21.1 Å². The van der Waals surface area contributed by atoms with Crippen LogP contribution in [0.4, 0.5) is 4.39 Å². The number of fused-ring (bicyclic) bond motifs is 1. The van der Waals surface area contributed by atoms with Gasteiger partial charge in [0.1, 0.15) is 11.6 Å². The maximum absolute atomic E-state index is 13.4. The molecule has 0 radical (unpaired) electrons. The van der Waals surface area contributed by atoms with Gasteiger partial charge < -0.3 is 10.1 Å². The lowest BCUT2D eigenvalue weighted by Crippen LogP contribution is -2.26. The molecule has 2 heterocycles. The van der Waals surface area contributed by atoms with Gasteiger partial charge in [0, 0.05) is 29.8 Å². The summed E-state index contributed by atoms with van der Waals surface area (Å²) in [6, 6.07) is 15.9. The average molecular weight is 390 g/mol. The molecule has 0 saturated heterocycles. The molecule has 0 bridgehead atoms. The van der Waals surface area contributed by atoms with E-state index in [1.807, 2.05) is 0 Å². The number of pyridine rings is 1. The number of hydrogen-bond donors (Lipinski definition) is 2. The molecule has 1 amide bonds. The summed E-state index contributed by atoms with van der Waals surface area (Å²) in [6.07, 6.45) is 1.54. The Morgan fingerprint density at radius 3 is 2.72 bits per heavy atom. The van der Waals surface area contributed by atoms with Crippen LogP contribution in [0.3, 0.4) is 0 Å². The van der Waals surface area contributed by atoms with Crippen LogP contribution in [0.15, 0.2) is 71.7 Å². The summed E-state index contributed by atoms with van der Waals surface area (Å²) in [5, 5.41) is 9.79. The molecule has 0 spiro atoms. The molecule has 144 valence electrons. The summed E-state index contributed by atoms with van der Waals surface area (Å²) in [5.74, 6) is -0.343. The standard InChI is InChI=1S/C21H15FN4O3/c22-14-6-3-7-15(11-14)29-21-13(5-4-10-23-21)12-24-20(28)18-16-8-1-2-9-17(16)19(27)26-25-18/h1-11H,12H2,(H,24,28)(H,26,27). The van der Waals surface area contributed by atoms with Gasteiger partial charge in [-0.2, -0.15) is 5.10 Å². The Bertz CT molecular complexity index is 1260. The minimum absolute atomic E-state index is 0.104. The first kappa shape index (κ1) is 18.3. The topological polar surface area (TPSA) is 97.0 Å². The zero-order valence-corrected chi connectivity index (χ0v) is 15.1. The van der Waals surface area contributed by atoms with Gasteiger partial charge in [0.05, 0.1) is 5.39 Å². The fraction of sp³-hybridized carbons (Fsp3) is 0.0476. The normalized spacial score (nSPS) is 10.7. The Kier molecular flexibility index (Phi) is 4.98. The molecule has 4 rings (SSSR count). The third-order valence-electron chi connectivity index (χ3n) is 4.21. The lowest BCUT2D eigenvalue weighted by Gasteiger charge is -2.11. The predicted molar refractivity (Wildman–Crippen MR) is 104 cm³/mol. The highest BCUT2D eigenvalue weighted by Gasteiger charge is 2.15. The Hall–Kier alpha value is -4.07. The Balaban J connectivity index is 1.55. The van der Waals surface area contributed by atoms with Crippen molar-refractivity contribution in [3.63, 3.8) is 0 Å². The predicted octanol–water partition coefficient (Wildman–Crippen LogP) is 3.18. The summed E-state index contributed by atoms with van der Waals surface area (Å²) in [4.78, 5) is 28.7. The Morgan fingerprint density at radius 1 is 1.07 bits per heavy atom. The van der Waals surface area contributed by atoms with Crippen molar-refractivity contribution in [2.24, 2.45) is 0 Å². The summed E-state index contributed by atoms with van der Waals surface area (Å²) >= 11 is 0. The molecule has 0 aliphatic heterocycles. The molecule has 7 nitrogen and oxygen atoms in total. The quantitative estimate of drug-likeness (QED) is 0.546. The largest absolute Gasteiger partial charge is 0.439 e. The van der Waals surface area contributed by atoms with Crippen LogP contribution in [0, 0.1) is 5.82 Å². The van der Waals surface area contributed by atoms with Crippen molar-refractivity contribution in [2.75, 3.05) is 0 Å². The van der Waals surface area contributed by atoms with Crippen molar-refractivity contribution in [3.05, 3.63) is 94.3 Å². The van der Waals surface area contributed by atoms with Crippen LogP contribution in [-0.2, 0) is 6.54 Å². The van der Waals surface area contributed by atoms with E-state index in [9.17, 15) is 14.0 Å². The smallest absolute Gasteiger partial charge is 0.272 e. The molecule has 0 atom stereocenters. The van der Waals surface area contributed by atoms with E-state index < -0.39 is 11.7 Å². The summed E-state index contributed by atoms with van der Waals surface area (Å²) in [6.45, 7) is 0.104. The molecule has 0 fully saturated rings. The highest BCUT2D eigenvalue weighted by atomic mass is 19.1. The Morgan fingerprint density at radius 2 is 1.90 bits per heavy atom. The van der Waals surface area contributed by atoms with E-state index in [4.69, 9.17) is 4.74 Å². The van der Waals surface area contributed by atoms with E-state index in [2.05, 4.69) is 20.5 Å². The minimum atomic E-state index is -0.460. The molecule has 29 heavy (non-hydrogen) atoms. The lowest BCUT2D eigenvalue weighted by atomic mass is 10.1. The van der Waals surface area contributed by atoms with Gasteiger partial charge in [-0.3, -0.25) is 9.59 Å². The number of carbonyl (C=O) groups excluding carboxylic acids is 1. The number of aromatic nitrogens is 3. The van der Waals surface area contributed by atoms with Crippen molar-refractivity contribution in [2.45, 2.75) is 6.54 Å². The van der Waals surface area contributed by atoms with Gasteiger partial charge in [-0.25, -0.2) is 14.5 Å². The van der Waals surface area contributed by atoms with Crippen LogP contribution in [0.1, 0.15) is 16.1 Å². The molecule has 0 unspecified atom stereocenters. The van der Waals surface area contributed by atoms with Gasteiger partial charge in [0.15, 0.2) is 5.69 Å². The van der Waals surface area contributed by atoms with E-state index in [0.717, 1.165) is 0 Å². The number of nitrogens with one attached hydrogen (secondary N) is 2. The number of amides is 1. The van der Waals surface area contributed by atoms with Gasteiger partial charge in [0.25, 0.3) is 11.5 Å². The molecule has 4 aromatic rings. The zero-order valence-electron chi connectivity index (χ0n) is 15.1. The number of ether oxygens (including phenoxy) is 1. The summed E-state index contributed by atoms with van der Waals surface area (Å²) < 4.78 is 19.0. The van der Waals surface area contributed by atoms with Gasteiger partial charge in [0.2, 0.25) is 5.88 Å². The first-order chi connectivity index (χ1) is 14.1. The van der Waals surface area contributed by atoms with E-state index in [-0.39, 0.29) is 23.7 Å². The van der Waals surface area contributed by atoms with E-state index in [1.54, 1.807) is 42.5 Å². The number of carbonyl (C=O) groups is 1. The van der Waals surface area contributed by atoms with E-state index in [1.165, 1.54) is 24.4 Å².